The largest absolute Gasteiger partial charge is 0.453 e. The van der Waals surface area contributed by atoms with E-state index in [0.29, 0.717) is 30.3 Å². The number of aromatic nitrogens is 4. The van der Waals surface area contributed by atoms with Gasteiger partial charge in [0.2, 0.25) is 5.91 Å². The molecule has 14 heteroatoms. The number of benzene rings is 3. The van der Waals surface area contributed by atoms with Gasteiger partial charge in [-0.15, -0.1) is 0 Å². The lowest BCUT2D eigenvalue weighted by atomic mass is 10.0. The van der Waals surface area contributed by atoms with Crippen LogP contribution in [0.15, 0.2) is 66.7 Å². The number of aromatic amines is 2. The SMILES string of the molecule is COC(=O)N[C@H](C(=O)N1CCC[C@H]1c1nc2ccc(C#Cc3ccc4nc(C5CCCN5C(=O)[C@H](NC(=O)OC)c5ccccc5)[nH]c4c3)cc2[nH]1)C(C)C. The van der Waals surface area contributed by atoms with E-state index in [4.69, 9.17) is 19.4 Å². The third-order valence-electron chi connectivity index (χ3n) is 10.3. The van der Waals surface area contributed by atoms with Crippen molar-refractivity contribution in [2.45, 2.75) is 63.7 Å². The van der Waals surface area contributed by atoms with E-state index in [1.807, 2.05) is 80.6 Å². The lowest BCUT2D eigenvalue weighted by Gasteiger charge is -2.29. The number of methoxy groups -OCH3 is 2. The molecule has 14 nitrogen and oxygen atoms in total. The van der Waals surface area contributed by atoms with Crippen LogP contribution in [0.3, 0.4) is 0 Å². The number of alkyl carbamates (subject to hydrolysis) is 2. The Balaban J connectivity index is 1.07. The molecule has 4 amide bonds. The summed E-state index contributed by atoms with van der Waals surface area (Å²) in [5.74, 6) is 7.40. The van der Waals surface area contributed by atoms with Gasteiger partial charge >= 0.3 is 12.2 Å². The molecule has 0 bridgehead atoms. The second kappa shape index (κ2) is 15.9. The van der Waals surface area contributed by atoms with Gasteiger partial charge in [-0.05, 0) is 73.6 Å². The van der Waals surface area contributed by atoms with Crippen LogP contribution in [0.5, 0.6) is 0 Å². The number of nitrogens with zero attached hydrogens (tertiary/aromatic N) is 4. The van der Waals surface area contributed by atoms with Crippen LogP contribution in [-0.4, -0.2) is 87.1 Å². The van der Waals surface area contributed by atoms with Crippen molar-refractivity contribution in [3.63, 3.8) is 0 Å². The van der Waals surface area contributed by atoms with Crippen molar-refractivity contribution >= 4 is 46.1 Å². The quantitative estimate of drug-likeness (QED) is 0.148. The molecular formula is C41H44N8O6. The van der Waals surface area contributed by atoms with Crippen LogP contribution in [0, 0.1) is 17.8 Å². The molecule has 2 fully saturated rings. The Morgan fingerprint density at radius 1 is 0.727 bits per heavy atom. The lowest BCUT2D eigenvalue weighted by Crippen LogP contribution is -2.51. The Morgan fingerprint density at radius 3 is 1.75 bits per heavy atom. The zero-order chi connectivity index (χ0) is 38.6. The van der Waals surface area contributed by atoms with Gasteiger partial charge in [0.25, 0.3) is 5.91 Å². The molecule has 5 aromatic rings. The molecular weight excluding hydrogens is 701 g/mol. The van der Waals surface area contributed by atoms with Crippen LogP contribution in [0.1, 0.15) is 86.0 Å². The smallest absolute Gasteiger partial charge is 0.407 e. The van der Waals surface area contributed by atoms with Crippen LogP contribution >= 0.6 is 0 Å². The Kier molecular flexibility index (Phi) is 10.7. The topological polar surface area (TPSA) is 175 Å². The summed E-state index contributed by atoms with van der Waals surface area (Å²) >= 11 is 0. The summed E-state index contributed by atoms with van der Waals surface area (Å²) < 4.78 is 9.57. The second-order valence-electron chi connectivity index (χ2n) is 14.2. The van der Waals surface area contributed by atoms with Gasteiger partial charge in [0, 0.05) is 24.2 Å². The van der Waals surface area contributed by atoms with Crippen LogP contribution in [0.4, 0.5) is 9.59 Å². The fraction of sp³-hybridized carbons (Fsp3) is 0.366. The van der Waals surface area contributed by atoms with E-state index in [9.17, 15) is 19.2 Å². The maximum Gasteiger partial charge on any atom is 0.407 e. The summed E-state index contributed by atoms with van der Waals surface area (Å²) in [6.07, 6.45) is 1.81. The molecule has 3 aromatic carbocycles. The number of hydrogen-bond donors (Lipinski definition) is 4. The van der Waals surface area contributed by atoms with Gasteiger partial charge < -0.3 is 39.9 Å². The van der Waals surface area contributed by atoms with Crippen molar-refractivity contribution in [1.29, 1.82) is 0 Å². The zero-order valence-electron chi connectivity index (χ0n) is 31.2. The minimum absolute atomic E-state index is 0.120. The fourth-order valence-electron chi connectivity index (χ4n) is 7.46. The minimum atomic E-state index is -0.894. The van der Waals surface area contributed by atoms with Crippen molar-refractivity contribution in [3.05, 3.63) is 95.1 Å². The number of carbonyl (C=O) groups is 4. The molecule has 0 radical (unpaired) electrons. The molecule has 0 saturated carbocycles. The third-order valence-corrected chi connectivity index (χ3v) is 10.3. The molecule has 2 saturated heterocycles. The minimum Gasteiger partial charge on any atom is -0.453 e. The number of nitrogens with one attached hydrogen (secondary N) is 4. The van der Waals surface area contributed by atoms with Gasteiger partial charge in [-0.3, -0.25) is 9.59 Å². The highest BCUT2D eigenvalue weighted by Crippen LogP contribution is 2.35. The third kappa shape index (κ3) is 7.82. The summed E-state index contributed by atoms with van der Waals surface area (Å²) in [6.45, 7) is 4.90. The molecule has 2 aromatic heterocycles. The maximum absolute atomic E-state index is 13.9. The first kappa shape index (κ1) is 37.0. The lowest BCUT2D eigenvalue weighted by molar-refractivity contribution is -0.135. The van der Waals surface area contributed by atoms with E-state index < -0.39 is 24.3 Å². The number of imidazole rings is 2. The summed E-state index contributed by atoms with van der Waals surface area (Å²) in [4.78, 5) is 71.7. The molecule has 1 unspecified atom stereocenters. The van der Waals surface area contributed by atoms with Crippen LogP contribution in [-0.2, 0) is 19.1 Å². The van der Waals surface area contributed by atoms with Crippen LogP contribution in [0.25, 0.3) is 22.1 Å². The van der Waals surface area contributed by atoms with Gasteiger partial charge in [-0.1, -0.05) is 56.0 Å². The molecule has 4 heterocycles. The number of rotatable bonds is 8. The molecule has 4 atom stereocenters. The maximum atomic E-state index is 13.9. The fourth-order valence-corrected chi connectivity index (χ4v) is 7.46. The van der Waals surface area contributed by atoms with E-state index in [-0.39, 0.29) is 29.8 Å². The number of fused-ring (bicyclic) bond motifs is 2. The summed E-state index contributed by atoms with van der Waals surface area (Å²) in [5.41, 5.74) is 5.41. The average Bonchev–Trinajstić information content (AvgIpc) is 4.03. The Bertz CT molecular complexity index is 2290. The van der Waals surface area contributed by atoms with Gasteiger partial charge in [0.05, 0.1) is 48.4 Å². The Labute approximate surface area is 318 Å². The number of amides is 4. The predicted octanol–water partition coefficient (Wildman–Crippen LogP) is 5.64. The number of H-pyrrole nitrogens is 2. The zero-order valence-corrected chi connectivity index (χ0v) is 31.2. The highest BCUT2D eigenvalue weighted by Gasteiger charge is 2.39. The number of ether oxygens (including phenoxy) is 2. The normalized spacial score (nSPS) is 17.8. The molecule has 2 aliphatic rings. The van der Waals surface area contributed by atoms with Gasteiger partial charge in [0.1, 0.15) is 23.7 Å². The van der Waals surface area contributed by atoms with Crippen molar-refractivity contribution < 1.29 is 28.7 Å². The van der Waals surface area contributed by atoms with Gasteiger partial charge in [-0.25, -0.2) is 19.6 Å². The van der Waals surface area contributed by atoms with E-state index in [2.05, 4.69) is 32.4 Å². The van der Waals surface area contributed by atoms with Crippen LogP contribution < -0.4 is 10.6 Å². The highest BCUT2D eigenvalue weighted by molar-refractivity contribution is 5.88. The Hall–Kier alpha value is -6.36. The van der Waals surface area contributed by atoms with Crippen LogP contribution in [0.2, 0.25) is 0 Å². The first-order chi connectivity index (χ1) is 26.6. The Morgan fingerprint density at radius 2 is 1.24 bits per heavy atom. The first-order valence-corrected chi connectivity index (χ1v) is 18.5. The molecule has 284 valence electrons. The first-order valence-electron chi connectivity index (χ1n) is 18.5. The number of carbonyl (C=O) groups excluding carboxylic acids is 4. The summed E-state index contributed by atoms with van der Waals surface area (Å²) in [7, 11) is 2.56. The number of likely N-dealkylation sites (tertiary alicyclic amines) is 2. The van der Waals surface area contributed by atoms with E-state index in [1.165, 1.54) is 14.2 Å². The molecule has 2 aliphatic heterocycles. The number of hydrogen-bond acceptors (Lipinski definition) is 8. The monoisotopic (exact) mass is 744 g/mol. The molecule has 4 N–H and O–H groups in total. The van der Waals surface area contributed by atoms with Crippen molar-refractivity contribution in [1.82, 2.24) is 40.4 Å². The predicted molar refractivity (Wildman–Crippen MR) is 204 cm³/mol. The van der Waals surface area contributed by atoms with E-state index >= 15 is 0 Å². The molecule has 0 spiro atoms. The highest BCUT2D eigenvalue weighted by atomic mass is 16.5. The molecule has 0 aliphatic carbocycles. The van der Waals surface area contributed by atoms with Gasteiger partial charge in [0.15, 0.2) is 0 Å². The van der Waals surface area contributed by atoms with Crippen molar-refractivity contribution in [2.24, 2.45) is 5.92 Å². The van der Waals surface area contributed by atoms with Gasteiger partial charge in [-0.2, -0.15) is 0 Å². The van der Waals surface area contributed by atoms with E-state index in [1.54, 1.807) is 9.80 Å². The molecule has 7 rings (SSSR count). The standard InChI is InChI=1S/C41H44N8O6/c1-24(2)34(46-40(52)54-3)38(50)48-20-8-12-32(48)36-42-28-18-16-25(22-30(28)44-36)14-15-26-17-19-29-31(23-26)45-37(43-29)33-13-9-21-49(33)39(51)35(47-41(53)55-4)27-10-6-5-7-11-27/h5-7,10-11,16-19,22-24,32-35H,8-9,12-13,20-21H2,1-4H3,(H,42,44)(H,43,45)(H,46,52)(H,47,53)/t32-,33?,34-,35+/m0/s1. The summed E-state index contributed by atoms with van der Waals surface area (Å²) in [6, 6.07) is 18.6. The second-order valence-corrected chi connectivity index (χ2v) is 14.2. The molecule has 55 heavy (non-hydrogen) atoms. The average molecular weight is 745 g/mol. The van der Waals surface area contributed by atoms with Crippen molar-refractivity contribution in [3.8, 4) is 11.8 Å². The van der Waals surface area contributed by atoms with Crippen molar-refractivity contribution in [2.75, 3.05) is 27.3 Å². The van der Waals surface area contributed by atoms with E-state index in [0.717, 1.165) is 58.9 Å². The summed E-state index contributed by atoms with van der Waals surface area (Å²) in [5, 5.41) is 5.39.